The third kappa shape index (κ3) is 1.32. The highest BCUT2D eigenvalue weighted by atomic mass is 16.3. The summed E-state index contributed by atoms with van der Waals surface area (Å²) < 4.78 is 0. The molecule has 0 saturated carbocycles. The fourth-order valence-corrected chi connectivity index (χ4v) is 1.02. The molecule has 0 atom stereocenters. The zero-order valence-electron chi connectivity index (χ0n) is 6.62. The van der Waals surface area contributed by atoms with Crippen molar-refractivity contribution in [2.24, 2.45) is 0 Å². The maximum Gasteiger partial charge on any atom is 0.123 e. The van der Waals surface area contributed by atoms with E-state index in [0.29, 0.717) is 11.1 Å². The molecule has 0 amide bonds. The highest BCUT2D eigenvalue weighted by Gasteiger charge is 2.05. The lowest BCUT2D eigenvalue weighted by Gasteiger charge is -2.05. The Balaban J connectivity index is 3.37. The van der Waals surface area contributed by atoms with Gasteiger partial charge in [0.2, 0.25) is 0 Å². The van der Waals surface area contributed by atoms with Crippen molar-refractivity contribution >= 4 is 11.8 Å². The summed E-state index contributed by atoms with van der Waals surface area (Å²) in [6, 6.07) is 4.83. The maximum atomic E-state index is 9.32. The molecule has 2 heteroatoms. The smallest absolute Gasteiger partial charge is 0.123 e. The zero-order chi connectivity index (χ0) is 9.14. The predicted molar refractivity (Wildman–Crippen MR) is 49.9 cm³/mol. The van der Waals surface area contributed by atoms with Crippen LogP contribution in [0.5, 0.6) is 5.75 Å². The van der Waals surface area contributed by atoms with E-state index in [2.05, 4.69) is 13.2 Å². The Bertz CT molecular complexity index is 327. The van der Waals surface area contributed by atoms with Gasteiger partial charge in [0.05, 0.1) is 0 Å². The fraction of sp³-hybridized carbons (Fsp3) is 0. The molecule has 0 saturated heterocycles. The summed E-state index contributed by atoms with van der Waals surface area (Å²) in [5.41, 5.74) is 1.01. The van der Waals surface area contributed by atoms with E-state index in [1.165, 1.54) is 12.1 Å². The van der Waals surface area contributed by atoms with Crippen LogP contribution in [0, 0.1) is 0 Å². The van der Waals surface area contributed by atoms with Crippen molar-refractivity contribution in [2.45, 2.75) is 0 Å². The van der Waals surface area contributed by atoms with Crippen LogP contribution in [0.4, 0.5) is 0 Å². The first-order valence-corrected chi connectivity index (χ1v) is 3.49. The van der Waals surface area contributed by atoms with Crippen LogP contribution in [0.1, 0.15) is 11.1 Å². The molecule has 0 aliphatic heterocycles. The summed E-state index contributed by atoms with van der Waals surface area (Å²) in [5.74, 6) is 0.0264. The summed E-state index contributed by atoms with van der Waals surface area (Å²) in [6.45, 7) is 6.89. The second-order valence-electron chi connectivity index (χ2n) is 2.39. The van der Waals surface area contributed by atoms with Crippen molar-refractivity contribution in [3.05, 3.63) is 42.5 Å². The molecule has 2 N–H and O–H groups in total. The van der Waals surface area contributed by atoms with E-state index in [9.17, 15) is 5.11 Å². The molecule has 0 heterocycles. The van der Waals surface area contributed by atoms with Crippen molar-refractivity contribution in [3.63, 3.8) is 0 Å². The van der Waals surface area contributed by atoms with Crippen LogP contribution in [0.3, 0.4) is 0 Å². The van der Waals surface area contributed by atoms with Crippen LogP contribution >= 0.6 is 0 Å². The minimum Gasteiger partial charge on any atom is -0.508 e. The SMILES string of the molecule is C=Cc1c(O)cccc1C(=C)O. The molecule has 0 aliphatic rings. The average molecular weight is 162 g/mol. The molecule has 62 valence electrons. The first-order chi connectivity index (χ1) is 5.66. The number of aromatic hydroxyl groups is 1. The number of aliphatic hydroxyl groups excluding tert-OH is 1. The van der Waals surface area contributed by atoms with Crippen LogP contribution < -0.4 is 0 Å². The standard InChI is InChI=1S/C10H10O2/c1-3-8-9(7(2)11)5-4-6-10(8)12/h3-6,11-12H,1-2H2. The summed E-state index contributed by atoms with van der Waals surface area (Å²) in [5, 5.41) is 18.4. The lowest BCUT2D eigenvalue weighted by atomic mass is 10.1. The summed E-state index contributed by atoms with van der Waals surface area (Å²) in [7, 11) is 0. The lowest BCUT2D eigenvalue weighted by molar-refractivity contribution is 0.471. The first-order valence-electron chi connectivity index (χ1n) is 3.49. The number of phenolic OH excluding ortho intramolecular Hbond substituents is 1. The molecule has 0 aromatic heterocycles. The van der Waals surface area contributed by atoms with Gasteiger partial charge >= 0.3 is 0 Å². The minimum atomic E-state index is -0.0687. The molecule has 12 heavy (non-hydrogen) atoms. The van der Waals surface area contributed by atoms with Crippen LogP contribution in [0.2, 0.25) is 0 Å². The van der Waals surface area contributed by atoms with E-state index < -0.39 is 0 Å². The molecular formula is C10H10O2. The quantitative estimate of drug-likeness (QED) is 0.656. The van der Waals surface area contributed by atoms with Crippen LogP contribution in [0.15, 0.2) is 31.4 Å². The van der Waals surface area contributed by atoms with Crippen LogP contribution in [-0.4, -0.2) is 10.2 Å². The number of hydrogen-bond donors (Lipinski definition) is 2. The molecule has 0 fully saturated rings. The van der Waals surface area contributed by atoms with Gasteiger partial charge in [0.25, 0.3) is 0 Å². The Hall–Kier alpha value is -1.70. The molecule has 0 spiro atoms. The summed E-state index contributed by atoms with van der Waals surface area (Å²) >= 11 is 0. The fourth-order valence-electron chi connectivity index (χ4n) is 1.02. The van der Waals surface area contributed by atoms with E-state index >= 15 is 0 Å². The van der Waals surface area contributed by atoms with Crippen molar-refractivity contribution in [1.29, 1.82) is 0 Å². The summed E-state index contributed by atoms with van der Waals surface area (Å²) in [4.78, 5) is 0. The number of rotatable bonds is 2. The van der Waals surface area contributed by atoms with E-state index in [1.54, 1.807) is 12.1 Å². The van der Waals surface area contributed by atoms with Crippen LogP contribution in [-0.2, 0) is 0 Å². The Morgan fingerprint density at radius 3 is 2.50 bits per heavy atom. The van der Waals surface area contributed by atoms with Crippen molar-refractivity contribution in [2.75, 3.05) is 0 Å². The number of hydrogen-bond acceptors (Lipinski definition) is 2. The largest absolute Gasteiger partial charge is 0.508 e. The lowest BCUT2D eigenvalue weighted by Crippen LogP contribution is -1.86. The molecule has 0 radical (unpaired) electrons. The van der Waals surface area contributed by atoms with Gasteiger partial charge in [-0.25, -0.2) is 0 Å². The molecular weight excluding hydrogens is 152 g/mol. The number of benzene rings is 1. The van der Waals surface area contributed by atoms with E-state index in [-0.39, 0.29) is 11.5 Å². The van der Waals surface area contributed by atoms with Gasteiger partial charge < -0.3 is 10.2 Å². The average Bonchev–Trinajstić information content (AvgIpc) is 2.03. The second kappa shape index (κ2) is 3.13. The monoisotopic (exact) mass is 162 g/mol. The van der Waals surface area contributed by atoms with E-state index in [4.69, 9.17) is 5.11 Å². The zero-order valence-corrected chi connectivity index (χ0v) is 6.62. The molecule has 1 aromatic carbocycles. The Morgan fingerprint density at radius 2 is 2.08 bits per heavy atom. The van der Waals surface area contributed by atoms with Gasteiger partial charge in [-0.05, 0) is 6.07 Å². The van der Waals surface area contributed by atoms with Crippen molar-refractivity contribution in [3.8, 4) is 5.75 Å². The predicted octanol–water partition coefficient (Wildman–Crippen LogP) is 2.56. The molecule has 2 nitrogen and oxygen atoms in total. The topological polar surface area (TPSA) is 40.5 Å². The summed E-state index contributed by atoms with van der Waals surface area (Å²) in [6.07, 6.45) is 1.48. The molecule has 0 aliphatic carbocycles. The third-order valence-corrected chi connectivity index (χ3v) is 1.60. The Labute approximate surface area is 71.1 Å². The molecule has 1 aromatic rings. The van der Waals surface area contributed by atoms with Gasteiger partial charge in [-0.15, -0.1) is 0 Å². The molecule has 0 unspecified atom stereocenters. The molecule has 0 bridgehead atoms. The van der Waals surface area contributed by atoms with E-state index in [0.717, 1.165) is 0 Å². The Morgan fingerprint density at radius 1 is 1.42 bits per heavy atom. The van der Waals surface area contributed by atoms with Gasteiger partial charge in [-0.1, -0.05) is 31.4 Å². The van der Waals surface area contributed by atoms with Crippen molar-refractivity contribution in [1.82, 2.24) is 0 Å². The van der Waals surface area contributed by atoms with Gasteiger partial charge in [-0.3, -0.25) is 0 Å². The highest BCUT2D eigenvalue weighted by Crippen LogP contribution is 2.25. The first kappa shape index (κ1) is 8.40. The highest BCUT2D eigenvalue weighted by molar-refractivity contribution is 5.71. The van der Waals surface area contributed by atoms with Gasteiger partial charge in [0, 0.05) is 11.1 Å². The Kier molecular flexibility index (Phi) is 2.19. The normalized spacial score (nSPS) is 9.33. The van der Waals surface area contributed by atoms with E-state index in [1.807, 2.05) is 0 Å². The van der Waals surface area contributed by atoms with Crippen LogP contribution in [0.25, 0.3) is 11.8 Å². The van der Waals surface area contributed by atoms with Gasteiger partial charge in [-0.2, -0.15) is 0 Å². The van der Waals surface area contributed by atoms with Gasteiger partial charge in [0.1, 0.15) is 11.5 Å². The van der Waals surface area contributed by atoms with Gasteiger partial charge in [0.15, 0.2) is 0 Å². The molecule has 1 rings (SSSR count). The maximum absolute atomic E-state index is 9.32. The third-order valence-electron chi connectivity index (χ3n) is 1.60. The second-order valence-corrected chi connectivity index (χ2v) is 2.39. The number of phenols is 1. The number of aliphatic hydroxyl groups is 1. The van der Waals surface area contributed by atoms with Crippen molar-refractivity contribution < 1.29 is 10.2 Å². The minimum absolute atomic E-state index is 0.0687.